The van der Waals surface area contributed by atoms with Gasteiger partial charge < -0.3 is 15.4 Å². The molecule has 1 aromatic rings. The smallest absolute Gasteiger partial charge is 0.246 e. The summed E-state index contributed by atoms with van der Waals surface area (Å²) in [5.41, 5.74) is 1.68. The first kappa shape index (κ1) is 13.7. The Morgan fingerprint density at radius 2 is 2.15 bits per heavy atom. The summed E-state index contributed by atoms with van der Waals surface area (Å²) in [5, 5.41) is 6.40. The van der Waals surface area contributed by atoms with Gasteiger partial charge in [-0.3, -0.25) is 4.79 Å². The van der Waals surface area contributed by atoms with Crippen LogP contribution >= 0.6 is 11.6 Å². The molecule has 1 saturated carbocycles. The number of halogens is 1. The molecule has 1 unspecified atom stereocenters. The molecule has 1 amide bonds. The van der Waals surface area contributed by atoms with Crippen LogP contribution in [0, 0.1) is 5.92 Å². The predicted octanol–water partition coefficient (Wildman–Crippen LogP) is 3.12. The minimum Gasteiger partial charge on any atom is -0.492 e. The number of anilines is 1. The van der Waals surface area contributed by atoms with Crippen LogP contribution in [-0.2, 0) is 4.79 Å². The van der Waals surface area contributed by atoms with Crippen molar-refractivity contribution in [2.45, 2.75) is 31.7 Å². The van der Waals surface area contributed by atoms with Crippen molar-refractivity contribution in [1.82, 2.24) is 5.32 Å². The molecule has 20 heavy (non-hydrogen) atoms. The van der Waals surface area contributed by atoms with E-state index in [9.17, 15) is 4.79 Å². The Morgan fingerprint density at radius 3 is 2.85 bits per heavy atom. The zero-order valence-electron chi connectivity index (χ0n) is 11.5. The molecule has 1 fully saturated rings. The van der Waals surface area contributed by atoms with Gasteiger partial charge in [-0.15, -0.1) is 0 Å². The average molecular weight is 295 g/mol. The molecule has 0 spiro atoms. The Kier molecular flexibility index (Phi) is 3.85. The number of likely N-dealkylation sites (N-methyl/N-ethyl adjacent to an activating group) is 1. The second-order valence-corrected chi connectivity index (χ2v) is 5.95. The third-order valence-corrected chi connectivity index (χ3v) is 4.47. The maximum Gasteiger partial charge on any atom is 0.246 e. The number of benzene rings is 1. The first-order valence-corrected chi connectivity index (χ1v) is 7.51. The van der Waals surface area contributed by atoms with Crippen molar-refractivity contribution in [2.75, 3.05) is 19.0 Å². The van der Waals surface area contributed by atoms with Crippen LogP contribution in [0.25, 0.3) is 0 Å². The summed E-state index contributed by atoms with van der Waals surface area (Å²) >= 11 is 6.27. The van der Waals surface area contributed by atoms with E-state index in [0.29, 0.717) is 23.3 Å². The van der Waals surface area contributed by atoms with Gasteiger partial charge in [-0.2, -0.15) is 0 Å². The number of nitrogens with one attached hydrogen (secondary N) is 2. The molecule has 0 saturated heterocycles. The normalized spacial score (nSPS) is 21.9. The lowest BCUT2D eigenvalue weighted by molar-refractivity contribution is -0.117. The molecule has 1 aromatic carbocycles. The Balaban J connectivity index is 1.76. The molecule has 2 N–H and O–H groups in total. The van der Waals surface area contributed by atoms with Crippen molar-refractivity contribution in [3.05, 3.63) is 22.7 Å². The van der Waals surface area contributed by atoms with Gasteiger partial charge in [-0.25, -0.2) is 0 Å². The third-order valence-electron chi connectivity index (χ3n) is 4.17. The van der Waals surface area contributed by atoms with E-state index in [1.54, 1.807) is 7.05 Å². The number of rotatable bonds is 4. The molecule has 1 aliphatic heterocycles. The Labute approximate surface area is 123 Å². The maximum absolute atomic E-state index is 11.8. The Hall–Kier alpha value is -1.26. The number of ether oxygens (including phenoxy) is 1. The molecular formula is C15H19ClN2O2. The monoisotopic (exact) mass is 294 g/mol. The first-order valence-electron chi connectivity index (χ1n) is 7.13. The zero-order valence-corrected chi connectivity index (χ0v) is 12.3. The van der Waals surface area contributed by atoms with Crippen molar-refractivity contribution < 1.29 is 9.53 Å². The zero-order chi connectivity index (χ0) is 14.1. The topological polar surface area (TPSA) is 50.4 Å². The van der Waals surface area contributed by atoms with Gasteiger partial charge >= 0.3 is 0 Å². The van der Waals surface area contributed by atoms with Crippen LogP contribution in [0.4, 0.5) is 5.69 Å². The van der Waals surface area contributed by atoms with E-state index in [2.05, 4.69) is 10.6 Å². The molecule has 5 heteroatoms. The van der Waals surface area contributed by atoms with E-state index in [0.717, 1.165) is 11.3 Å². The van der Waals surface area contributed by atoms with Crippen molar-refractivity contribution in [2.24, 2.45) is 5.92 Å². The van der Waals surface area contributed by atoms with E-state index in [1.807, 2.05) is 12.1 Å². The molecule has 3 rings (SSSR count). The van der Waals surface area contributed by atoms with Crippen LogP contribution < -0.4 is 15.4 Å². The van der Waals surface area contributed by atoms with Gasteiger partial charge in [-0.05, 0) is 31.9 Å². The number of carbonyl (C=O) groups excluding carboxylic acids is 1. The molecule has 1 heterocycles. The Morgan fingerprint density at radius 1 is 1.40 bits per heavy atom. The van der Waals surface area contributed by atoms with Crippen LogP contribution in [-0.4, -0.2) is 19.6 Å². The third kappa shape index (κ3) is 2.50. The predicted molar refractivity (Wildman–Crippen MR) is 79.3 cm³/mol. The summed E-state index contributed by atoms with van der Waals surface area (Å²) in [5.74, 6) is 1.25. The maximum atomic E-state index is 11.8. The summed E-state index contributed by atoms with van der Waals surface area (Å²) < 4.78 is 5.85. The van der Waals surface area contributed by atoms with Crippen molar-refractivity contribution in [3.8, 4) is 5.75 Å². The van der Waals surface area contributed by atoms with Gasteiger partial charge in [0.15, 0.2) is 0 Å². The van der Waals surface area contributed by atoms with Gasteiger partial charge in [0.1, 0.15) is 11.8 Å². The molecule has 1 aliphatic carbocycles. The largest absolute Gasteiger partial charge is 0.492 e. The highest BCUT2D eigenvalue weighted by molar-refractivity contribution is 6.32. The fourth-order valence-electron chi connectivity index (χ4n) is 3.04. The summed E-state index contributed by atoms with van der Waals surface area (Å²) in [6, 6.07) is 3.33. The van der Waals surface area contributed by atoms with Gasteiger partial charge in [0.25, 0.3) is 0 Å². The van der Waals surface area contributed by atoms with Gasteiger partial charge in [0.05, 0.1) is 11.6 Å². The van der Waals surface area contributed by atoms with E-state index in [4.69, 9.17) is 16.3 Å². The van der Waals surface area contributed by atoms with Crippen molar-refractivity contribution >= 4 is 23.2 Å². The van der Waals surface area contributed by atoms with Crippen LogP contribution in [0.1, 0.15) is 37.3 Å². The quantitative estimate of drug-likeness (QED) is 0.897. The van der Waals surface area contributed by atoms with Gasteiger partial charge in [-0.1, -0.05) is 24.4 Å². The molecule has 0 aromatic heterocycles. The molecule has 108 valence electrons. The number of fused-ring (bicyclic) bond motifs is 1. The highest BCUT2D eigenvalue weighted by Crippen LogP contribution is 2.39. The lowest BCUT2D eigenvalue weighted by Gasteiger charge is -2.14. The minimum atomic E-state index is -0.327. The minimum absolute atomic E-state index is 0.0495. The fraction of sp³-hybridized carbons (Fsp3) is 0.533. The Bertz CT molecular complexity index is 527. The van der Waals surface area contributed by atoms with Gasteiger partial charge in [0, 0.05) is 17.3 Å². The standard InChI is InChI=1S/C15H19ClN2O2/c1-17-14-10-6-11(16)13(7-12(10)18-15(14)19)20-8-9-4-2-3-5-9/h6-7,9,14,17H,2-5,8H2,1H3,(H,18,19). The van der Waals surface area contributed by atoms with Crippen molar-refractivity contribution in [3.63, 3.8) is 0 Å². The van der Waals surface area contributed by atoms with E-state index in [1.165, 1.54) is 25.7 Å². The summed E-state index contributed by atoms with van der Waals surface area (Å²) in [4.78, 5) is 11.8. The summed E-state index contributed by atoms with van der Waals surface area (Å²) in [6.07, 6.45) is 5.07. The first-order chi connectivity index (χ1) is 9.69. The molecule has 0 bridgehead atoms. The van der Waals surface area contributed by atoms with E-state index >= 15 is 0 Å². The number of amides is 1. The number of hydrogen-bond donors (Lipinski definition) is 2. The molecule has 0 radical (unpaired) electrons. The number of hydrogen-bond acceptors (Lipinski definition) is 3. The van der Waals surface area contributed by atoms with E-state index < -0.39 is 0 Å². The van der Waals surface area contributed by atoms with Crippen LogP contribution in [0.5, 0.6) is 5.75 Å². The highest BCUT2D eigenvalue weighted by Gasteiger charge is 2.30. The second kappa shape index (κ2) is 5.62. The van der Waals surface area contributed by atoms with Crippen LogP contribution in [0.2, 0.25) is 5.02 Å². The lowest BCUT2D eigenvalue weighted by Crippen LogP contribution is -2.23. The molecule has 2 aliphatic rings. The van der Waals surface area contributed by atoms with E-state index in [-0.39, 0.29) is 11.9 Å². The second-order valence-electron chi connectivity index (χ2n) is 5.54. The van der Waals surface area contributed by atoms with Crippen molar-refractivity contribution in [1.29, 1.82) is 0 Å². The highest BCUT2D eigenvalue weighted by atomic mass is 35.5. The number of carbonyl (C=O) groups is 1. The lowest BCUT2D eigenvalue weighted by atomic mass is 10.1. The SMILES string of the molecule is CNC1C(=O)Nc2cc(OCC3CCCC3)c(Cl)cc21. The summed E-state index contributed by atoms with van der Waals surface area (Å²) in [7, 11) is 1.76. The molecular weight excluding hydrogens is 276 g/mol. The fourth-order valence-corrected chi connectivity index (χ4v) is 3.27. The summed E-state index contributed by atoms with van der Waals surface area (Å²) in [6.45, 7) is 0.710. The molecule has 1 atom stereocenters. The van der Waals surface area contributed by atoms with Crippen LogP contribution in [0.15, 0.2) is 12.1 Å². The van der Waals surface area contributed by atoms with Crippen LogP contribution in [0.3, 0.4) is 0 Å². The average Bonchev–Trinajstić information content (AvgIpc) is 3.03. The van der Waals surface area contributed by atoms with Gasteiger partial charge in [0.2, 0.25) is 5.91 Å². The molecule has 4 nitrogen and oxygen atoms in total.